The second kappa shape index (κ2) is 10.4. The molecule has 1 heterocycles. The lowest BCUT2D eigenvalue weighted by molar-refractivity contribution is -0.113. The SMILES string of the molecule is COCCNc1nnc(SCC(=O)Nc2cc(OC)c(Cl)cc2OC)s1. The summed E-state index contributed by atoms with van der Waals surface area (Å²) in [5, 5.41) is 15.0. The van der Waals surface area contributed by atoms with Crippen molar-refractivity contribution in [3.05, 3.63) is 17.2 Å². The molecule has 0 radical (unpaired) electrons. The van der Waals surface area contributed by atoms with Gasteiger partial charge in [0.15, 0.2) is 4.34 Å². The lowest BCUT2D eigenvalue weighted by atomic mass is 10.2. The van der Waals surface area contributed by atoms with Crippen molar-refractivity contribution in [3.63, 3.8) is 0 Å². The van der Waals surface area contributed by atoms with Gasteiger partial charge < -0.3 is 24.8 Å². The fraction of sp³-hybridized carbons (Fsp3) is 0.400. The number of carbonyl (C=O) groups is 1. The summed E-state index contributed by atoms with van der Waals surface area (Å²) in [7, 11) is 4.64. The van der Waals surface area contributed by atoms with Crippen molar-refractivity contribution in [1.82, 2.24) is 10.2 Å². The summed E-state index contributed by atoms with van der Waals surface area (Å²) in [5.74, 6) is 0.878. The highest BCUT2D eigenvalue weighted by Gasteiger charge is 2.14. The average Bonchev–Trinajstić information content (AvgIpc) is 3.09. The van der Waals surface area contributed by atoms with Crippen molar-refractivity contribution in [2.45, 2.75) is 4.34 Å². The average molecular weight is 419 g/mol. The Morgan fingerprint density at radius 1 is 1.23 bits per heavy atom. The van der Waals surface area contributed by atoms with Crippen molar-refractivity contribution in [2.24, 2.45) is 0 Å². The maximum atomic E-state index is 12.2. The number of thioether (sulfide) groups is 1. The highest BCUT2D eigenvalue weighted by molar-refractivity contribution is 8.01. The molecule has 0 saturated heterocycles. The minimum atomic E-state index is -0.207. The van der Waals surface area contributed by atoms with Gasteiger partial charge in [0.2, 0.25) is 11.0 Å². The molecule has 0 bridgehead atoms. The Hall–Kier alpha value is -1.75. The number of halogens is 1. The molecule has 1 amide bonds. The van der Waals surface area contributed by atoms with Crippen LogP contribution < -0.4 is 20.1 Å². The smallest absolute Gasteiger partial charge is 0.234 e. The van der Waals surface area contributed by atoms with Gasteiger partial charge in [-0.15, -0.1) is 10.2 Å². The van der Waals surface area contributed by atoms with E-state index in [0.29, 0.717) is 44.8 Å². The first-order valence-corrected chi connectivity index (χ1v) is 9.65. The fourth-order valence-electron chi connectivity index (χ4n) is 1.87. The van der Waals surface area contributed by atoms with Crippen LogP contribution >= 0.6 is 34.7 Å². The van der Waals surface area contributed by atoms with Crippen LogP contribution in [0.4, 0.5) is 10.8 Å². The highest BCUT2D eigenvalue weighted by Crippen LogP contribution is 2.36. The number of benzene rings is 1. The summed E-state index contributed by atoms with van der Waals surface area (Å²) < 4.78 is 16.1. The summed E-state index contributed by atoms with van der Waals surface area (Å²) in [6.45, 7) is 1.23. The molecule has 1 aromatic carbocycles. The van der Waals surface area contributed by atoms with Crippen LogP contribution in [0.3, 0.4) is 0 Å². The Kier molecular flexibility index (Phi) is 8.23. The van der Waals surface area contributed by atoms with Crippen LogP contribution in [-0.2, 0) is 9.53 Å². The number of aromatic nitrogens is 2. The van der Waals surface area contributed by atoms with E-state index in [1.165, 1.54) is 37.3 Å². The number of rotatable bonds is 10. The molecular weight excluding hydrogens is 400 g/mol. The monoisotopic (exact) mass is 418 g/mol. The standard InChI is InChI=1S/C15H19ClN4O4S2/c1-22-5-4-17-14-19-20-15(26-14)25-8-13(21)18-10-7-11(23-2)9(16)6-12(10)24-3/h6-7H,4-5,8H2,1-3H3,(H,17,19)(H,18,21). The predicted octanol–water partition coefficient (Wildman–Crippen LogP) is 3.00. The van der Waals surface area contributed by atoms with E-state index in [1.54, 1.807) is 19.2 Å². The Morgan fingerprint density at radius 2 is 2.00 bits per heavy atom. The first kappa shape index (κ1) is 20.6. The largest absolute Gasteiger partial charge is 0.495 e. The van der Waals surface area contributed by atoms with Crippen LogP contribution in [0.1, 0.15) is 0 Å². The summed E-state index contributed by atoms with van der Waals surface area (Å²) in [4.78, 5) is 12.2. The van der Waals surface area contributed by atoms with Gasteiger partial charge in [-0.25, -0.2) is 0 Å². The number of carbonyl (C=O) groups excluding carboxylic acids is 1. The number of anilines is 2. The molecule has 2 rings (SSSR count). The lowest BCUT2D eigenvalue weighted by Gasteiger charge is -2.12. The number of ether oxygens (including phenoxy) is 3. The van der Waals surface area contributed by atoms with E-state index in [4.69, 9.17) is 25.8 Å². The highest BCUT2D eigenvalue weighted by atomic mass is 35.5. The minimum absolute atomic E-state index is 0.181. The summed E-state index contributed by atoms with van der Waals surface area (Å²) in [6, 6.07) is 3.21. The molecule has 8 nitrogen and oxygen atoms in total. The molecule has 142 valence electrons. The quantitative estimate of drug-likeness (QED) is 0.449. The van der Waals surface area contributed by atoms with Crippen LogP contribution in [-0.4, -0.2) is 56.3 Å². The van der Waals surface area contributed by atoms with Gasteiger partial charge in [0.05, 0.1) is 37.3 Å². The topological polar surface area (TPSA) is 94.6 Å². The molecule has 26 heavy (non-hydrogen) atoms. The van der Waals surface area contributed by atoms with Crippen LogP contribution in [0.25, 0.3) is 0 Å². The molecule has 0 saturated carbocycles. The first-order valence-electron chi connectivity index (χ1n) is 7.47. The number of nitrogens with zero attached hydrogens (tertiary/aromatic N) is 2. The molecule has 0 aliphatic carbocycles. The van der Waals surface area contributed by atoms with Gasteiger partial charge in [-0.05, 0) is 0 Å². The molecule has 0 fully saturated rings. The van der Waals surface area contributed by atoms with Crippen molar-refractivity contribution in [3.8, 4) is 11.5 Å². The van der Waals surface area contributed by atoms with Gasteiger partial charge in [-0.2, -0.15) is 0 Å². The third kappa shape index (κ3) is 5.90. The van der Waals surface area contributed by atoms with Gasteiger partial charge >= 0.3 is 0 Å². The zero-order valence-electron chi connectivity index (χ0n) is 14.5. The Morgan fingerprint density at radius 3 is 2.69 bits per heavy atom. The van der Waals surface area contributed by atoms with Crippen molar-refractivity contribution >= 4 is 51.4 Å². The molecular formula is C15H19ClN4O4S2. The van der Waals surface area contributed by atoms with Crippen molar-refractivity contribution in [1.29, 1.82) is 0 Å². The molecule has 1 aromatic heterocycles. The van der Waals surface area contributed by atoms with E-state index in [2.05, 4.69) is 20.8 Å². The third-order valence-corrected chi connectivity index (χ3v) is 5.37. The Bertz CT molecular complexity index is 744. The van der Waals surface area contributed by atoms with Crippen LogP contribution in [0.15, 0.2) is 16.5 Å². The van der Waals surface area contributed by atoms with Crippen LogP contribution in [0.5, 0.6) is 11.5 Å². The van der Waals surface area contributed by atoms with E-state index in [-0.39, 0.29) is 11.7 Å². The van der Waals surface area contributed by atoms with Crippen LogP contribution in [0, 0.1) is 0 Å². The van der Waals surface area contributed by atoms with Gasteiger partial charge in [-0.3, -0.25) is 4.79 Å². The molecule has 11 heteroatoms. The van der Waals surface area contributed by atoms with E-state index in [9.17, 15) is 4.79 Å². The third-order valence-electron chi connectivity index (χ3n) is 3.06. The molecule has 0 unspecified atom stereocenters. The number of methoxy groups -OCH3 is 3. The molecule has 2 aromatic rings. The zero-order chi connectivity index (χ0) is 18.9. The van der Waals surface area contributed by atoms with Gasteiger partial charge in [-0.1, -0.05) is 34.7 Å². The summed E-state index contributed by atoms with van der Waals surface area (Å²) in [6.07, 6.45) is 0. The lowest BCUT2D eigenvalue weighted by Crippen LogP contribution is -2.14. The number of hydrogen-bond donors (Lipinski definition) is 2. The van der Waals surface area contributed by atoms with Crippen LogP contribution in [0.2, 0.25) is 5.02 Å². The number of hydrogen-bond acceptors (Lipinski definition) is 9. The first-order chi connectivity index (χ1) is 12.6. The van der Waals surface area contributed by atoms with E-state index in [0.717, 1.165) is 0 Å². The fourth-order valence-corrected chi connectivity index (χ4v) is 3.68. The number of nitrogens with one attached hydrogen (secondary N) is 2. The zero-order valence-corrected chi connectivity index (χ0v) is 16.9. The van der Waals surface area contributed by atoms with Crippen molar-refractivity contribution < 1.29 is 19.0 Å². The Balaban J connectivity index is 1.91. The summed E-state index contributed by atoms with van der Waals surface area (Å²) >= 11 is 8.73. The predicted molar refractivity (Wildman–Crippen MR) is 104 cm³/mol. The van der Waals surface area contributed by atoms with Gasteiger partial charge in [0, 0.05) is 25.8 Å². The second-order valence-corrected chi connectivity index (χ2v) is 7.42. The van der Waals surface area contributed by atoms with Crippen molar-refractivity contribution in [2.75, 3.05) is 50.9 Å². The molecule has 0 spiro atoms. The molecule has 0 aliphatic rings. The maximum Gasteiger partial charge on any atom is 0.234 e. The van der Waals surface area contributed by atoms with E-state index < -0.39 is 0 Å². The number of amides is 1. The summed E-state index contributed by atoms with van der Waals surface area (Å²) in [5.41, 5.74) is 0.485. The van der Waals surface area contributed by atoms with E-state index in [1.807, 2.05) is 0 Å². The Labute approximate surface area is 164 Å². The molecule has 2 N–H and O–H groups in total. The van der Waals surface area contributed by atoms with E-state index >= 15 is 0 Å². The maximum absolute atomic E-state index is 12.2. The second-order valence-electron chi connectivity index (χ2n) is 4.82. The minimum Gasteiger partial charge on any atom is -0.495 e. The van der Waals surface area contributed by atoms with Gasteiger partial charge in [0.1, 0.15) is 11.5 Å². The van der Waals surface area contributed by atoms with Gasteiger partial charge in [0.25, 0.3) is 0 Å². The molecule has 0 atom stereocenters. The molecule has 0 aliphatic heterocycles. The normalized spacial score (nSPS) is 10.5.